The second-order valence-electron chi connectivity index (χ2n) is 7.72. The third-order valence-electron chi connectivity index (χ3n) is 4.94. The number of nitrogens with one attached hydrogen (secondary N) is 1. The van der Waals surface area contributed by atoms with Gasteiger partial charge in [0.25, 0.3) is 0 Å². The fourth-order valence-electron chi connectivity index (χ4n) is 3.27. The van der Waals surface area contributed by atoms with Gasteiger partial charge in [0.2, 0.25) is 5.91 Å². The SMILES string of the molecule is C=CCn1c(COc2ccc(C)cc2OCC)nnc1SCC(=O)Nc1cc(C(=O)OCC)ccc1Cl. The molecule has 37 heavy (non-hydrogen) atoms. The van der Waals surface area contributed by atoms with E-state index in [0.717, 1.165) is 5.56 Å². The number of thioether (sulfide) groups is 1. The zero-order chi connectivity index (χ0) is 26.8. The van der Waals surface area contributed by atoms with Crippen molar-refractivity contribution in [3.05, 3.63) is 71.0 Å². The first-order valence-corrected chi connectivity index (χ1v) is 13.0. The van der Waals surface area contributed by atoms with Crippen LogP contribution >= 0.6 is 23.4 Å². The molecule has 0 unspecified atom stereocenters. The Morgan fingerprint density at radius 2 is 1.92 bits per heavy atom. The predicted octanol–water partition coefficient (Wildman–Crippen LogP) is 5.31. The standard InChI is InChI=1S/C26H29ClN4O5S/c1-5-12-31-23(15-36-21-11-8-17(4)13-22(21)34-6-2)29-30-26(31)37-16-24(32)28-20-14-18(9-10-19(20)27)25(33)35-7-3/h5,8-11,13-14H,1,6-7,12,15-16H2,2-4H3,(H,28,32). The molecule has 1 N–H and O–H groups in total. The number of carbonyl (C=O) groups excluding carboxylic acids is 2. The van der Waals surface area contributed by atoms with Gasteiger partial charge in [-0.25, -0.2) is 4.79 Å². The predicted molar refractivity (Wildman–Crippen MR) is 144 cm³/mol. The lowest BCUT2D eigenvalue weighted by Gasteiger charge is -2.13. The summed E-state index contributed by atoms with van der Waals surface area (Å²) in [4.78, 5) is 24.6. The van der Waals surface area contributed by atoms with Crippen LogP contribution in [0.25, 0.3) is 0 Å². The monoisotopic (exact) mass is 544 g/mol. The number of aryl methyl sites for hydroxylation is 1. The van der Waals surface area contributed by atoms with E-state index in [2.05, 4.69) is 22.1 Å². The van der Waals surface area contributed by atoms with Gasteiger partial charge in [-0.15, -0.1) is 16.8 Å². The van der Waals surface area contributed by atoms with Crippen molar-refractivity contribution in [3.8, 4) is 11.5 Å². The average Bonchev–Trinajstić information content (AvgIpc) is 3.25. The molecule has 0 aliphatic carbocycles. The van der Waals surface area contributed by atoms with Gasteiger partial charge in [-0.3, -0.25) is 9.36 Å². The number of halogens is 1. The molecule has 11 heteroatoms. The van der Waals surface area contributed by atoms with E-state index >= 15 is 0 Å². The van der Waals surface area contributed by atoms with Gasteiger partial charge < -0.3 is 19.5 Å². The fraction of sp³-hybridized carbons (Fsp3) is 0.308. The molecule has 0 saturated heterocycles. The van der Waals surface area contributed by atoms with Crippen molar-refractivity contribution in [2.45, 2.75) is 39.1 Å². The summed E-state index contributed by atoms with van der Waals surface area (Å²) in [6.45, 7) is 10.8. The molecule has 3 rings (SSSR count). The Hall–Kier alpha value is -3.50. The topological polar surface area (TPSA) is 105 Å². The lowest BCUT2D eigenvalue weighted by Crippen LogP contribution is -2.16. The van der Waals surface area contributed by atoms with Crippen LogP contribution in [0.15, 0.2) is 54.2 Å². The highest BCUT2D eigenvalue weighted by atomic mass is 35.5. The van der Waals surface area contributed by atoms with Crippen LogP contribution in [0.5, 0.6) is 11.5 Å². The maximum atomic E-state index is 12.6. The molecule has 0 aliphatic heterocycles. The molecule has 0 fully saturated rings. The minimum atomic E-state index is -0.490. The maximum Gasteiger partial charge on any atom is 0.338 e. The van der Waals surface area contributed by atoms with Crippen molar-refractivity contribution in [2.75, 3.05) is 24.3 Å². The molecule has 0 radical (unpaired) electrons. The number of aromatic nitrogens is 3. The van der Waals surface area contributed by atoms with E-state index < -0.39 is 5.97 Å². The number of carbonyl (C=O) groups is 2. The molecule has 9 nitrogen and oxygen atoms in total. The largest absolute Gasteiger partial charge is 0.490 e. The highest BCUT2D eigenvalue weighted by molar-refractivity contribution is 7.99. The van der Waals surface area contributed by atoms with Crippen LogP contribution in [0.3, 0.4) is 0 Å². The molecule has 0 atom stereocenters. The second-order valence-corrected chi connectivity index (χ2v) is 9.07. The maximum absolute atomic E-state index is 12.6. The Bertz CT molecular complexity index is 1260. The third-order valence-corrected chi connectivity index (χ3v) is 6.24. The summed E-state index contributed by atoms with van der Waals surface area (Å²) in [5, 5.41) is 12.0. The first-order chi connectivity index (χ1) is 17.9. The number of rotatable bonds is 13. The summed E-state index contributed by atoms with van der Waals surface area (Å²) < 4.78 is 18.5. The Kier molecular flexibility index (Phi) is 10.4. The molecule has 0 saturated carbocycles. The molecule has 3 aromatic rings. The van der Waals surface area contributed by atoms with Crippen LogP contribution in [0.4, 0.5) is 5.69 Å². The number of ether oxygens (including phenoxy) is 3. The Balaban J connectivity index is 1.66. The number of hydrogen-bond acceptors (Lipinski definition) is 8. The summed E-state index contributed by atoms with van der Waals surface area (Å²) in [6, 6.07) is 10.3. The van der Waals surface area contributed by atoms with E-state index in [0.29, 0.717) is 51.9 Å². The summed E-state index contributed by atoms with van der Waals surface area (Å²) in [5.41, 5.74) is 1.69. The molecule has 0 bridgehead atoms. The molecule has 196 valence electrons. The third kappa shape index (κ3) is 7.74. The van der Waals surface area contributed by atoms with E-state index in [1.54, 1.807) is 19.1 Å². The highest BCUT2D eigenvalue weighted by Crippen LogP contribution is 2.29. The molecular formula is C26H29ClN4O5S. The number of allylic oxidation sites excluding steroid dienone is 1. The van der Waals surface area contributed by atoms with Crippen molar-refractivity contribution in [2.24, 2.45) is 0 Å². The first-order valence-electron chi connectivity index (χ1n) is 11.6. The van der Waals surface area contributed by atoms with Crippen molar-refractivity contribution < 1.29 is 23.8 Å². The van der Waals surface area contributed by atoms with E-state index in [-0.39, 0.29) is 24.9 Å². The number of hydrogen-bond donors (Lipinski definition) is 1. The number of esters is 1. The van der Waals surface area contributed by atoms with Crippen LogP contribution in [-0.4, -0.2) is 45.6 Å². The lowest BCUT2D eigenvalue weighted by molar-refractivity contribution is -0.113. The van der Waals surface area contributed by atoms with Gasteiger partial charge in [0.05, 0.1) is 35.2 Å². The van der Waals surface area contributed by atoms with E-state index in [1.807, 2.05) is 36.6 Å². The van der Waals surface area contributed by atoms with Crippen LogP contribution in [-0.2, 0) is 22.7 Å². The second kappa shape index (κ2) is 13.7. The van der Waals surface area contributed by atoms with E-state index in [9.17, 15) is 9.59 Å². The van der Waals surface area contributed by atoms with Gasteiger partial charge >= 0.3 is 5.97 Å². The van der Waals surface area contributed by atoms with Gasteiger partial charge in [0.15, 0.2) is 22.5 Å². The summed E-state index contributed by atoms with van der Waals surface area (Å²) in [6.07, 6.45) is 1.72. The van der Waals surface area contributed by atoms with Crippen LogP contribution in [0.2, 0.25) is 5.02 Å². The summed E-state index contributed by atoms with van der Waals surface area (Å²) in [7, 11) is 0. The molecule has 1 heterocycles. The molecular weight excluding hydrogens is 516 g/mol. The zero-order valence-electron chi connectivity index (χ0n) is 21.0. The van der Waals surface area contributed by atoms with Crippen LogP contribution in [0, 0.1) is 6.92 Å². The molecule has 2 aromatic carbocycles. The van der Waals surface area contributed by atoms with Gasteiger partial charge in [-0.05, 0) is 56.7 Å². The number of anilines is 1. The number of benzene rings is 2. The van der Waals surface area contributed by atoms with Gasteiger partial charge in [-0.2, -0.15) is 0 Å². The van der Waals surface area contributed by atoms with Crippen molar-refractivity contribution in [1.29, 1.82) is 0 Å². The van der Waals surface area contributed by atoms with Gasteiger partial charge in [0, 0.05) is 6.54 Å². The Morgan fingerprint density at radius 3 is 2.65 bits per heavy atom. The fourth-order valence-corrected chi connectivity index (χ4v) is 4.20. The van der Waals surface area contributed by atoms with Crippen molar-refractivity contribution in [3.63, 3.8) is 0 Å². The molecule has 0 spiro atoms. The van der Waals surface area contributed by atoms with Crippen LogP contribution < -0.4 is 14.8 Å². The summed E-state index contributed by atoms with van der Waals surface area (Å²) >= 11 is 7.41. The Morgan fingerprint density at radius 1 is 1.11 bits per heavy atom. The van der Waals surface area contributed by atoms with Crippen LogP contribution in [0.1, 0.15) is 35.6 Å². The van der Waals surface area contributed by atoms with Gasteiger partial charge in [-0.1, -0.05) is 35.5 Å². The summed E-state index contributed by atoms with van der Waals surface area (Å²) in [5.74, 6) is 1.08. The van der Waals surface area contributed by atoms with E-state index in [1.165, 1.54) is 23.9 Å². The van der Waals surface area contributed by atoms with Gasteiger partial charge in [0.1, 0.15) is 6.61 Å². The van der Waals surface area contributed by atoms with Crippen molar-refractivity contribution in [1.82, 2.24) is 14.8 Å². The minimum absolute atomic E-state index is 0.0442. The van der Waals surface area contributed by atoms with E-state index in [4.69, 9.17) is 25.8 Å². The quantitative estimate of drug-likeness (QED) is 0.175. The highest BCUT2D eigenvalue weighted by Gasteiger charge is 2.17. The Labute approximate surface area is 225 Å². The lowest BCUT2D eigenvalue weighted by atomic mass is 10.2. The number of amides is 1. The molecule has 0 aliphatic rings. The molecule has 1 amide bonds. The average molecular weight is 545 g/mol. The number of nitrogens with zero attached hydrogens (tertiary/aromatic N) is 3. The zero-order valence-corrected chi connectivity index (χ0v) is 22.5. The first kappa shape index (κ1) is 28.1. The van der Waals surface area contributed by atoms with Crippen molar-refractivity contribution >= 4 is 40.9 Å². The molecule has 1 aromatic heterocycles. The minimum Gasteiger partial charge on any atom is -0.490 e. The normalized spacial score (nSPS) is 10.6. The smallest absolute Gasteiger partial charge is 0.338 e.